The van der Waals surface area contributed by atoms with Crippen molar-refractivity contribution in [2.75, 3.05) is 18.0 Å². The Morgan fingerprint density at radius 3 is 3.07 bits per heavy atom. The second-order valence-corrected chi connectivity index (χ2v) is 4.55. The quantitative estimate of drug-likeness (QED) is 0.770. The molecule has 1 saturated heterocycles. The van der Waals surface area contributed by atoms with E-state index in [0.717, 1.165) is 30.4 Å². The number of hydrogen-bond acceptors (Lipinski definition) is 3. The second kappa shape index (κ2) is 4.14. The minimum absolute atomic E-state index is 0.436. The van der Waals surface area contributed by atoms with Crippen LogP contribution >= 0.6 is 12.2 Å². The molecule has 0 spiro atoms. The molecule has 3 nitrogen and oxygen atoms in total. The van der Waals surface area contributed by atoms with Crippen LogP contribution in [0.1, 0.15) is 18.9 Å². The van der Waals surface area contributed by atoms with Crippen LogP contribution in [0.5, 0.6) is 0 Å². The van der Waals surface area contributed by atoms with Gasteiger partial charge in [0.25, 0.3) is 0 Å². The topological polar surface area (TPSA) is 42.1 Å². The third-order valence-corrected chi connectivity index (χ3v) is 3.01. The molecule has 1 aliphatic rings. The monoisotopic (exact) mass is 221 g/mol. The molecule has 2 heterocycles. The third kappa shape index (κ3) is 2.26. The zero-order valence-electron chi connectivity index (χ0n) is 8.81. The Bertz CT molecular complexity index is 378. The minimum Gasteiger partial charge on any atom is -0.389 e. The highest BCUT2D eigenvalue weighted by molar-refractivity contribution is 7.80. The Morgan fingerprint density at radius 2 is 2.47 bits per heavy atom. The summed E-state index contributed by atoms with van der Waals surface area (Å²) in [5, 5.41) is 0. The van der Waals surface area contributed by atoms with Crippen LogP contribution < -0.4 is 10.6 Å². The molecule has 1 fully saturated rings. The van der Waals surface area contributed by atoms with Crippen molar-refractivity contribution in [3.8, 4) is 0 Å². The van der Waals surface area contributed by atoms with E-state index in [4.69, 9.17) is 18.0 Å². The summed E-state index contributed by atoms with van der Waals surface area (Å²) in [4.78, 5) is 7.07. The van der Waals surface area contributed by atoms with Crippen LogP contribution in [-0.4, -0.2) is 23.1 Å². The number of nitrogens with zero attached hydrogens (tertiary/aromatic N) is 2. The van der Waals surface area contributed by atoms with Gasteiger partial charge >= 0.3 is 0 Å². The fraction of sp³-hybridized carbons (Fsp3) is 0.455. The maximum Gasteiger partial charge on any atom is 0.129 e. The lowest BCUT2D eigenvalue weighted by atomic mass is 10.2. The average molecular weight is 221 g/mol. The maximum atomic E-state index is 5.59. The van der Waals surface area contributed by atoms with Crippen molar-refractivity contribution in [2.24, 2.45) is 11.7 Å². The van der Waals surface area contributed by atoms with E-state index in [2.05, 4.69) is 16.8 Å². The van der Waals surface area contributed by atoms with Gasteiger partial charge in [0.2, 0.25) is 0 Å². The highest BCUT2D eigenvalue weighted by Gasteiger charge is 2.19. The zero-order valence-corrected chi connectivity index (χ0v) is 9.63. The second-order valence-electron chi connectivity index (χ2n) is 4.11. The molecule has 0 amide bonds. The van der Waals surface area contributed by atoms with Crippen molar-refractivity contribution in [1.29, 1.82) is 0 Å². The van der Waals surface area contributed by atoms with Gasteiger partial charge in [-0.25, -0.2) is 4.98 Å². The Labute approximate surface area is 95.3 Å². The number of anilines is 1. The summed E-state index contributed by atoms with van der Waals surface area (Å²) in [6, 6.07) is 3.83. The van der Waals surface area contributed by atoms with E-state index < -0.39 is 0 Å². The standard InChI is InChI=1S/C11H15N3S/c1-8-3-5-14(7-8)10-6-9(11(12)15)2-4-13-10/h2,4,6,8H,3,5,7H2,1H3,(H2,12,15). The van der Waals surface area contributed by atoms with E-state index in [-0.39, 0.29) is 0 Å². The zero-order chi connectivity index (χ0) is 10.8. The summed E-state index contributed by atoms with van der Waals surface area (Å²) in [7, 11) is 0. The van der Waals surface area contributed by atoms with Gasteiger partial charge < -0.3 is 10.6 Å². The van der Waals surface area contributed by atoms with Crippen molar-refractivity contribution in [3.05, 3.63) is 23.9 Å². The molecule has 0 aliphatic carbocycles. The van der Waals surface area contributed by atoms with Crippen molar-refractivity contribution < 1.29 is 0 Å². The molecule has 15 heavy (non-hydrogen) atoms. The highest BCUT2D eigenvalue weighted by atomic mass is 32.1. The van der Waals surface area contributed by atoms with Crippen molar-refractivity contribution in [2.45, 2.75) is 13.3 Å². The van der Waals surface area contributed by atoms with E-state index in [0.29, 0.717) is 4.99 Å². The molecule has 0 radical (unpaired) electrons. The number of nitrogens with two attached hydrogens (primary N) is 1. The number of rotatable bonds is 2. The number of aromatic nitrogens is 1. The van der Waals surface area contributed by atoms with Gasteiger partial charge in [0, 0.05) is 24.8 Å². The first-order valence-electron chi connectivity index (χ1n) is 5.17. The largest absolute Gasteiger partial charge is 0.389 e. The molecule has 0 aromatic carbocycles. The highest BCUT2D eigenvalue weighted by Crippen LogP contribution is 2.21. The summed E-state index contributed by atoms with van der Waals surface area (Å²) < 4.78 is 0. The number of thiocarbonyl (C=S) groups is 1. The van der Waals surface area contributed by atoms with Crippen molar-refractivity contribution >= 4 is 23.0 Å². The molecule has 0 saturated carbocycles. The van der Waals surface area contributed by atoms with E-state index in [1.807, 2.05) is 12.1 Å². The third-order valence-electron chi connectivity index (χ3n) is 2.78. The van der Waals surface area contributed by atoms with Gasteiger partial charge in [-0.3, -0.25) is 0 Å². The SMILES string of the molecule is CC1CCN(c2cc(C(N)=S)ccn2)C1. The molecule has 80 valence electrons. The van der Waals surface area contributed by atoms with E-state index in [1.165, 1.54) is 6.42 Å². The lowest BCUT2D eigenvalue weighted by Gasteiger charge is -2.17. The fourth-order valence-electron chi connectivity index (χ4n) is 1.89. The first-order chi connectivity index (χ1) is 7.16. The van der Waals surface area contributed by atoms with Crippen molar-refractivity contribution in [1.82, 2.24) is 4.98 Å². The van der Waals surface area contributed by atoms with Crippen LogP contribution in [0.25, 0.3) is 0 Å². The summed E-state index contributed by atoms with van der Waals surface area (Å²) in [5.41, 5.74) is 6.49. The van der Waals surface area contributed by atoms with Crippen LogP contribution in [0, 0.1) is 5.92 Å². The molecule has 1 aromatic rings. The first kappa shape index (κ1) is 10.4. The molecule has 1 unspecified atom stereocenters. The van der Waals surface area contributed by atoms with Crippen LogP contribution in [0.2, 0.25) is 0 Å². The summed E-state index contributed by atoms with van der Waals surface area (Å²) >= 11 is 4.95. The van der Waals surface area contributed by atoms with Gasteiger partial charge in [0.1, 0.15) is 10.8 Å². The Balaban J connectivity index is 2.21. The van der Waals surface area contributed by atoms with E-state index >= 15 is 0 Å². The molecule has 4 heteroatoms. The minimum atomic E-state index is 0.436. The van der Waals surface area contributed by atoms with Crippen molar-refractivity contribution in [3.63, 3.8) is 0 Å². The maximum absolute atomic E-state index is 5.59. The fourth-order valence-corrected chi connectivity index (χ4v) is 2.01. The van der Waals surface area contributed by atoms with Crippen LogP contribution in [-0.2, 0) is 0 Å². The molecule has 1 atom stereocenters. The molecule has 1 aliphatic heterocycles. The van der Waals surface area contributed by atoms with Crippen LogP contribution in [0.4, 0.5) is 5.82 Å². The van der Waals surface area contributed by atoms with E-state index in [1.54, 1.807) is 6.20 Å². The van der Waals surface area contributed by atoms with Gasteiger partial charge in [-0.2, -0.15) is 0 Å². The van der Waals surface area contributed by atoms with Gasteiger partial charge in [-0.1, -0.05) is 19.1 Å². The van der Waals surface area contributed by atoms with Gasteiger partial charge in [0.15, 0.2) is 0 Å². The van der Waals surface area contributed by atoms with Gasteiger partial charge in [-0.15, -0.1) is 0 Å². The van der Waals surface area contributed by atoms with Crippen LogP contribution in [0.3, 0.4) is 0 Å². The lowest BCUT2D eigenvalue weighted by Crippen LogP contribution is -2.21. The summed E-state index contributed by atoms with van der Waals surface area (Å²) in [6.07, 6.45) is 3.01. The summed E-state index contributed by atoms with van der Waals surface area (Å²) in [6.45, 7) is 4.42. The Hall–Kier alpha value is -1.16. The number of hydrogen-bond donors (Lipinski definition) is 1. The smallest absolute Gasteiger partial charge is 0.129 e. The lowest BCUT2D eigenvalue weighted by molar-refractivity contribution is 0.659. The predicted molar refractivity (Wildman–Crippen MR) is 66.1 cm³/mol. The normalized spacial score (nSPS) is 20.6. The van der Waals surface area contributed by atoms with Crippen LogP contribution in [0.15, 0.2) is 18.3 Å². The Kier molecular flexibility index (Phi) is 2.86. The molecule has 2 N–H and O–H groups in total. The predicted octanol–water partition coefficient (Wildman–Crippen LogP) is 1.56. The molecule has 0 bridgehead atoms. The van der Waals surface area contributed by atoms with Gasteiger partial charge in [0.05, 0.1) is 0 Å². The Morgan fingerprint density at radius 1 is 1.67 bits per heavy atom. The molecular formula is C11H15N3S. The summed E-state index contributed by atoms with van der Waals surface area (Å²) in [5.74, 6) is 1.74. The first-order valence-corrected chi connectivity index (χ1v) is 5.58. The van der Waals surface area contributed by atoms with Gasteiger partial charge in [-0.05, 0) is 24.5 Å². The molecule has 1 aromatic heterocycles. The molecular weight excluding hydrogens is 206 g/mol. The van der Waals surface area contributed by atoms with E-state index in [9.17, 15) is 0 Å². The number of pyridine rings is 1. The molecule has 2 rings (SSSR count). The average Bonchev–Trinajstić information content (AvgIpc) is 2.65.